The summed E-state index contributed by atoms with van der Waals surface area (Å²) in [6.45, 7) is 11.5. The molecule has 2 atom stereocenters. The Kier molecular flexibility index (Phi) is 5.65. The van der Waals surface area contributed by atoms with Crippen molar-refractivity contribution in [1.29, 1.82) is 0 Å². The molecule has 0 aliphatic carbocycles. The maximum absolute atomic E-state index is 5.94. The molecule has 0 amide bonds. The van der Waals surface area contributed by atoms with Crippen LogP contribution >= 0.6 is 0 Å². The molecule has 0 unspecified atom stereocenters. The third kappa shape index (κ3) is 5.33. The number of ether oxygens (including phenoxy) is 2. The van der Waals surface area contributed by atoms with Crippen LogP contribution < -0.4 is 10.1 Å². The van der Waals surface area contributed by atoms with Crippen LogP contribution in [0.4, 0.5) is 0 Å². The molecular weight excluding hydrogens is 262 g/mol. The van der Waals surface area contributed by atoms with E-state index in [1.807, 2.05) is 0 Å². The molecule has 0 bridgehead atoms. The molecule has 1 aromatic carbocycles. The van der Waals surface area contributed by atoms with Crippen molar-refractivity contribution in [2.75, 3.05) is 19.7 Å². The smallest absolute Gasteiger partial charge is 0.119 e. The molecule has 2 rings (SSSR count). The van der Waals surface area contributed by atoms with Crippen LogP contribution in [0.15, 0.2) is 24.3 Å². The molecule has 1 aliphatic heterocycles. The fourth-order valence-corrected chi connectivity index (χ4v) is 2.56. The van der Waals surface area contributed by atoms with Gasteiger partial charge in [-0.3, -0.25) is 0 Å². The van der Waals surface area contributed by atoms with Crippen LogP contribution in [0, 0.1) is 0 Å². The van der Waals surface area contributed by atoms with Crippen molar-refractivity contribution in [2.24, 2.45) is 0 Å². The number of hydrogen-bond acceptors (Lipinski definition) is 3. The van der Waals surface area contributed by atoms with E-state index in [-0.39, 0.29) is 11.5 Å². The zero-order valence-corrected chi connectivity index (χ0v) is 13.8. The van der Waals surface area contributed by atoms with E-state index in [4.69, 9.17) is 9.47 Å². The van der Waals surface area contributed by atoms with Gasteiger partial charge in [-0.2, -0.15) is 0 Å². The highest BCUT2D eigenvalue weighted by Gasteiger charge is 2.16. The first-order valence-electron chi connectivity index (χ1n) is 8.04. The molecule has 0 spiro atoms. The van der Waals surface area contributed by atoms with Crippen molar-refractivity contribution in [3.63, 3.8) is 0 Å². The Morgan fingerprint density at radius 3 is 2.57 bits per heavy atom. The monoisotopic (exact) mass is 291 g/mol. The lowest BCUT2D eigenvalue weighted by Crippen LogP contribution is -2.34. The lowest BCUT2D eigenvalue weighted by atomic mass is 9.87. The summed E-state index contributed by atoms with van der Waals surface area (Å²) in [5.41, 5.74) is 1.52. The minimum absolute atomic E-state index is 0.159. The highest BCUT2D eigenvalue weighted by atomic mass is 16.5. The zero-order chi connectivity index (χ0) is 15.3. The summed E-state index contributed by atoms with van der Waals surface area (Å²) in [6, 6.07) is 8.44. The second kappa shape index (κ2) is 7.28. The van der Waals surface area contributed by atoms with Crippen LogP contribution in [0.5, 0.6) is 5.75 Å². The third-order valence-electron chi connectivity index (χ3n) is 3.89. The van der Waals surface area contributed by atoms with Gasteiger partial charge < -0.3 is 14.8 Å². The Balaban J connectivity index is 1.73. The van der Waals surface area contributed by atoms with Crippen LogP contribution in [0.1, 0.15) is 46.1 Å². The van der Waals surface area contributed by atoms with Gasteiger partial charge >= 0.3 is 0 Å². The topological polar surface area (TPSA) is 30.5 Å². The van der Waals surface area contributed by atoms with Gasteiger partial charge in [-0.25, -0.2) is 0 Å². The largest absolute Gasteiger partial charge is 0.489 e. The fraction of sp³-hybridized carbons (Fsp3) is 0.667. The fourth-order valence-electron chi connectivity index (χ4n) is 2.56. The minimum Gasteiger partial charge on any atom is -0.489 e. The van der Waals surface area contributed by atoms with Gasteiger partial charge in [0.05, 0.1) is 6.10 Å². The van der Waals surface area contributed by atoms with Gasteiger partial charge in [0.25, 0.3) is 0 Å². The predicted molar refractivity (Wildman–Crippen MR) is 87.1 cm³/mol. The number of nitrogens with one attached hydrogen (secondary N) is 1. The van der Waals surface area contributed by atoms with Crippen LogP contribution in [-0.2, 0) is 10.2 Å². The second-order valence-electron chi connectivity index (χ2n) is 7.00. The lowest BCUT2D eigenvalue weighted by molar-refractivity contribution is 0.106. The van der Waals surface area contributed by atoms with Gasteiger partial charge in [0.1, 0.15) is 11.9 Å². The zero-order valence-electron chi connectivity index (χ0n) is 13.8. The average molecular weight is 291 g/mol. The Labute approximate surface area is 129 Å². The molecule has 118 valence electrons. The second-order valence-corrected chi connectivity index (χ2v) is 7.00. The minimum atomic E-state index is 0.159. The highest BCUT2D eigenvalue weighted by Crippen LogP contribution is 2.24. The van der Waals surface area contributed by atoms with Crippen molar-refractivity contribution < 1.29 is 9.47 Å². The van der Waals surface area contributed by atoms with E-state index in [1.54, 1.807) is 0 Å². The van der Waals surface area contributed by atoms with Gasteiger partial charge in [-0.15, -0.1) is 0 Å². The van der Waals surface area contributed by atoms with Crippen molar-refractivity contribution in [3.05, 3.63) is 29.8 Å². The highest BCUT2D eigenvalue weighted by molar-refractivity contribution is 5.31. The molecular formula is C18H29NO2. The average Bonchev–Trinajstić information content (AvgIpc) is 2.91. The SMILES string of the molecule is C[C@H](CNC[C@@H]1CCCO1)Oc1ccc(C(C)(C)C)cc1. The summed E-state index contributed by atoms with van der Waals surface area (Å²) < 4.78 is 11.5. The van der Waals surface area contributed by atoms with E-state index < -0.39 is 0 Å². The molecule has 0 aromatic heterocycles. The maximum atomic E-state index is 5.94. The molecule has 0 radical (unpaired) electrons. The quantitative estimate of drug-likeness (QED) is 0.870. The first-order valence-corrected chi connectivity index (χ1v) is 8.04. The molecule has 1 aliphatic rings. The van der Waals surface area contributed by atoms with E-state index in [0.717, 1.165) is 25.4 Å². The van der Waals surface area contributed by atoms with Crippen LogP contribution in [0.3, 0.4) is 0 Å². The summed E-state index contributed by atoms with van der Waals surface area (Å²) in [6.07, 6.45) is 2.92. The summed E-state index contributed by atoms with van der Waals surface area (Å²) in [4.78, 5) is 0. The predicted octanol–water partition coefficient (Wildman–Crippen LogP) is 3.52. The summed E-state index contributed by atoms with van der Waals surface area (Å²) in [5.74, 6) is 0.939. The summed E-state index contributed by atoms with van der Waals surface area (Å²) >= 11 is 0. The van der Waals surface area contributed by atoms with Gasteiger partial charge in [0.2, 0.25) is 0 Å². The Bertz CT molecular complexity index is 416. The lowest BCUT2D eigenvalue weighted by Gasteiger charge is -2.20. The number of benzene rings is 1. The first-order chi connectivity index (χ1) is 9.95. The Morgan fingerprint density at radius 2 is 2.00 bits per heavy atom. The van der Waals surface area contributed by atoms with Crippen molar-refractivity contribution >= 4 is 0 Å². The molecule has 1 saturated heterocycles. The van der Waals surface area contributed by atoms with E-state index in [2.05, 4.69) is 57.3 Å². The van der Waals surface area contributed by atoms with Crippen molar-refractivity contribution in [3.8, 4) is 5.75 Å². The van der Waals surface area contributed by atoms with Crippen LogP contribution in [-0.4, -0.2) is 31.9 Å². The molecule has 1 heterocycles. The van der Waals surface area contributed by atoms with Gasteiger partial charge in [-0.1, -0.05) is 32.9 Å². The number of hydrogen-bond donors (Lipinski definition) is 1. The summed E-state index contributed by atoms with van der Waals surface area (Å²) in [5, 5.41) is 3.43. The van der Waals surface area contributed by atoms with Gasteiger partial charge in [-0.05, 0) is 42.9 Å². The Hall–Kier alpha value is -1.06. The standard InChI is InChI=1S/C18H29NO2/c1-14(12-19-13-17-6-5-11-20-17)21-16-9-7-15(8-10-16)18(2,3)4/h7-10,14,17,19H,5-6,11-13H2,1-4H3/t14-,17+/m1/s1. The van der Waals surface area contributed by atoms with Gasteiger partial charge in [0.15, 0.2) is 0 Å². The van der Waals surface area contributed by atoms with E-state index in [0.29, 0.717) is 6.10 Å². The molecule has 3 nitrogen and oxygen atoms in total. The van der Waals surface area contributed by atoms with E-state index in [9.17, 15) is 0 Å². The molecule has 1 N–H and O–H groups in total. The van der Waals surface area contributed by atoms with Crippen molar-refractivity contribution in [2.45, 2.75) is 58.2 Å². The molecule has 1 aromatic rings. The van der Waals surface area contributed by atoms with Crippen LogP contribution in [0.2, 0.25) is 0 Å². The maximum Gasteiger partial charge on any atom is 0.119 e. The van der Waals surface area contributed by atoms with E-state index in [1.165, 1.54) is 18.4 Å². The molecule has 0 saturated carbocycles. The third-order valence-corrected chi connectivity index (χ3v) is 3.89. The normalized spacial score (nSPS) is 20.5. The molecule has 21 heavy (non-hydrogen) atoms. The molecule has 1 fully saturated rings. The van der Waals surface area contributed by atoms with E-state index >= 15 is 0 Å². The molecule has 3 heteroatoms. The Morgan fingerprint density at radius 1 is 1.29 bits per heavy atom. The number of rotatable bonds is 6. The van der Waals surface area contributed by atoms with Crippen molar-refractivity contribution in [1.82, 2.24) is 5.32 Å². The first kappa shape index (κ1) is 16.3. The van der Waals surface area contributed by atoms with Gasteiger partial charge in [0, 0.05) is 19.7 Å². The summed E-state index contributed by atoms with van der Waals surface area (Å²) in [7, 11) is 0. The van der Waals surface area contributed by atoms with Crippen LogP contribution in [0.25, 0.3) is 0 Å².